The zero-order chi connectivity index (χ0) is 6.78. The van der Waals surface area contributed by atoms with Crippen molar-refractivity contribution in [2.75, 3.05) is 18.8 Å². The number of rotatable bonds is 2. The van der Waals surface area contributed by atoms with Crippen LogP contribution < -0.4 is 0 Å². The minimum Gasteiger partial charge on any atom is -0.133 e. The highest BCUT2D eigenvalue weighted by Crippen LogP contribution is 2.44. The van der Waals surface area contributed by atoms with Gasteiger partial charge in [-0.3, -0.25) is 0 Å². The molecular weight excluding hydrogens is 147 g/mol. The monoisotopic (exact) mass is 157 g/mol. The summed E-state index contributed by atoms with van der Waals surface area (Å²) in [5, 5.41) is 0. The van der Waals surface area contributed by atoms with Crippen molar-refractivity contribution in [3.8, 4) is 0 Å². The lowest BCUT2D eigenvalue weighted by Crippen LogP contribution is -1.90. The minimum atomic E-state index is -2.40. The highest BCUT2D eigenvalue weighted by molar-refractivity contribution is 8.29. The van der Waals surface area contributed by atoms with Gasteiger partial charge in [-0.1, -0.05) is 14.3 Å². The van der Waals surface area contributed by atoms with Crippen LogP contribution in [0.2, 0.25) is 0 Å². The maximum absolute atomic E-state index is 9.96. The second-order valence-corrected chi connectivity index (χ2v) is 6.56. The minimum absolute atomic E-state index is 1.26. The van der Waals surface area contributed by atoms with Gasteiger partial charge in [-0.25, -0.2) is 0 Å². The fourth-order valence-electron chi connectivity index (χ4n) is 0.191. The molecule has 0 saturated heterocycles. The molecule has 1 atom stereocenters. The van der Waals surface area contributed by atoms with E-state index >= 15 is 0 Å². The Morgan fingerprint density at radius 1 is 1.50 bits per heavy atom. The summed E-state index contributed by atoms with van der Waals surface area (Å²) in [6.07, 6.45) is 5.41. The summed E-state index contributed by atoms with van der Waals surface area (Å²) in [7, 11) is -3.66. The summed E-state index contributed by atoms with van der Waals surface area (Å²) >= 11 is 0. The summed E-state index contributed by atoms with van der Waals surface area (Å²) in [6.45, 7) is 0. The Morgan fingerprint density at radius 3 is 1.88 bits per heavy atom. The zero-order valence-electron chi connectivity index (χ0n) is 5.12. The van der Waals surface area contributed by atoms with Crippen LogP contribution in [0, 0.1) is 0 Å². The van der Waals surface area contributed by atoms with E-state index in [2.05, 4.69) is 3.97 Å². The summed E-state index contributed by atoms with van der Waals surface area (Å²) in [4.78, 5) is 8.20. The van der Waals surface area contributed by atoms with E-state index in [9.17, 15) is 4.57 Å². The highest BCUT2D eigenvalue weighted by atomic mass is 32.3. The van der Waals surface area contributed by atoms with Crippen molar-refractivity contribution in [3.63, 3.8) is 0 Å². The molecule has 5 heteroatoms. The van der Waals surface area contributed by atoms with Crippen molar-refractivity contribution in [2.24, 2.45) is 0 Å². The Hall–Kier alpha value is 0.370. The van der Waals surface area contributed by atoms with E-state index < -0.39 is 18.6 Å². The van der Waals surface area contributed by atoms with Gasteiger partial charge < -0.3 is 0 Å². The Labute approximate surface area is 51.5 Å². The molecule has 1 unspecified atom stereocenters. The van der Waals surface area contributed by atoms with E-state index in [1.807, 2.05) is 0 Å². The SMILES string of the molecule is CS(C)(C)O[P+](=O)O. The van der Waals surface area contributed by atoms with Crippen molar-refractivity contribution in [2.45, 2.75) is 0 Å². The van der Waals surface area contributed by atoms with E-state index in [4.69, 9.17) is 4.89 Å². The van der Waals surface area contributed by atoms with Gasteiger partial charge in [0.1, 0.15) is 0 Å². The molecule has 3 nitrogen and oxygen atoms in total. The molecule has 0 aromatic carbocycles. The molecule has 0 aliphatic carbocycles. The standard InChI is InChI=1S/C3H9O3PS/c1-8(2,3)6-7(4)5/h1-3H3/p+1. The van der Waals surface area contributed by atoms with Crippen LogP contribution in [0.4, 0.5) is 0 Å². The summed E-state index contributed by atoms with van der Waals surface area (Å²) in [6, 6.07) is 0. The molecule has 0 aliphatic rings. The molecule has 0 aromatic rings. The molecule has 0 aliphatic heterocycles. The van der Waals surface area contributed by atoms with Crippen molar-refractivity contribution in [1.82, 2.24) is 0 Å². The lowest BCUT2D eigenvalue weighted by molar-refractivity contribution is 0.429. The quantitative estimate of drug-likeness (QED) is 0.614. The van der Waals surface area contributed by atoms with E-state index in [-0.39, 0.29) is 0 Å². The van der Waals surface area contributed by atoms with E-state index in [1.165, 1.54) is 0 Å². The van der Waals surface area contributed by atoms with Gasteiger partial charge in [-0.05, 0) is 18.8 Å². The molecule has 0 amide bonds. The number of hydrogen-bond acceptors (Lipinski definition) is 2. The second kappa shape index (κ2) is 2.78. The van der Waals surface area contributed by atoms with Crippen LogP contribution in [0.15, 0.2) is 0 Å². The predicted octanol–water partition coefficient (Wildman–Crippen LogP) is 1.26. The van der Waals surface area contributed by atoms with Crippen LogP contribution in [0.5, 0.6) is 0 Å². The highest BCUT2D eigenvalue weighted by Gasteiger charge is 2.20. The fourth-order valence-corrected chi connectivity index (χ4v) is 1.72. The first-order valence-corrected chi connectivity index (χ1v) is 5.87. The third-order valence-corrected chi connectivity index (χ3v) is 2.59. The molecule has 8 heavy (non-hydrogen) atoms. The van der Waals surface area contributed by atoms with Crippen molar-refractivity contribution in [1.29, 1.82) is 0 Å². The van der Waals surface area contributed by atoms with E-state index in [0.29, 0.717) is 0 Å². The van der Waals surface area contributed by atoms with Gasteiger partial charge in [0.05, 0.1) is 0 Å². The maximum Gasteiger partial charge on any atom is 0.705 e. The molecule has 0 bridgehead atoms. The Kier molecular flexibility index (Phi) is 2.91. The van der Waals surface area contributed by atoms with Gasteiger partial charge in [-0.2, -0.15) is 0 Å². The number of hydrogen-bond donors (Lipinski definition) is 1. The Bertz CT molecular complexity index is 97.2. The first kappa shape index (κ1) is 8.37. The summed E-state index contributed by atoms with van der Waals surface area (Å²) < 4.78 is 14.5. The Morgan fingerprint density at radius 2 is 1.88 bits per heavy atom. The van der Waals surface area contributed by atoms with Crippen LogP contribution in [0.25, 0.3) is 0 Å². The van der Waals surface area contributed by atoms with Gasteiger partial charge in [-0.15, -0.1) is 4.89 Å². The lowest BCUT2D eigenvalue weighted by Gasteiger charge is -2.13. The van der Waals surface area contributed by atoms with Crippen LogP contribution in [0.1, 0.15) is 0 Å². The third-order valence-electron chi connectivity index (χ3n) is 0.287. The van der Waals surface area contributed by atoms with Gasteiger partial charge in [0.25, 0.3) is 0 Å². The molecular formula is C3H10O3PS+. The molecule has 1 N–H and O–H groups in total. The van der Waals surface area contributed by atoms with E-state index in [0.717, 1.165) is 0 Å². The van der Waals surface area contributed by atoms with Gasteiger partial charge in [0.2, 0.25) is 0 Å². The molecule has 50 valence electrons. The summed E-state index contributed by atoms with van der Waals surface area (Å²) in [5.41, 5.74) is 0. The average molecular weight is 157 g/mol. The Balaban J connectivity index is 3.55. The van der Waals surface area contributed by atoms with Crippen molar-refractivity contribution < 1.29 is 13.4 Å². The molecule has 0 aromatic heterocycles. The molecule has 0 saturated carbocycles. The van der Waals surface area contributed by atoms with Crippen LogP contribution in [-0.2, 0) is 8.54 Å². The van der Waals surface area contributed by atoms with Gasteiger partial charge in [0, 0.05) is 4.57 Å². The first-order valence-electron chi connectivity index (χ1n) is 1.96. The topological polar surface area (TPSA) is 46.5 Å². The first-order chi connectivity index (χ1) is 3.42. The predicted molar refractivity (Wildman–Crippen MR) is 36.3 cm³/mol. The van der Waals surface area contributed by atoms with Gasteiger partial charge >= 0.3 is 8.25 Å². The second-order valence-electron chi connectivity index (χ2n) is 2.04. The lowest BCUT2D eigenvalue weighted by atomic mass is 11.9. The van der Waals surface area contributed by atoms with Crippen molar-refractivity contribution in [3.05, 3.63) is 0 Å². The molecule has 0 radical (unpaired) electrons. The van der Waals surface area contributed by atoms with Crippen LogP contribution in [-0.4, -0.2) is 23.7 Å². The normalized spacial score (nSPS) is 15.8. The molecule has 0 heterocycles. The van der Waals surface area contributed by atoms with Crippen LogP contribution >= 0.6 is 18.6 Å². The zero-order valence-corrected chi connectivity index (χ0v) is 6.83. The third kappa shape index (κ3) is 6.37. The van der Waals surface area contributed by atoms with Crippen molar-refractivity contribution >= 4 is 18.6 Å². The fraction of sp³-hybridized carbons (Fsp3) is 1.00. The van der Waals surface area contributed by atoms with Crippen LogP contribution in [0.3, 0.4) is 0 Å². The summed E-state index contributed by atoms with van der Waals surface area (Å²) in [5.74, 6) is 0. The average Bonchev–Trinajstić information content (AvgIpc) is 1.21. The van der Waals surface area contributed by atoms with E-state index in [1.54, 1.807) is 18.8 Å². The molecule has 0 fully saturated rings. The smallest absolute Gasteiger partial charge is 0.133 e. The van der Waals surface area contributed by atoms with Gasteiger partial charge in [0.15, 0.2) is 0 Å². The maximum atomic E-state index is 9.96. The molecule has 0 rings (SSSR count). The molecule has 0 spiro atoms. The largest absolute Gasteiger partial charge is 0.705 e.